The second-order valence-electron chi connectivity index (χ2n) is 2.32. The molecule has 0 aliphatic rings. The molecule has 0 atom stereocenters. The van der Waals surface area contributed by atoms with Crippen molar-refractivity contribution < 1.29 is 0 Å². The molecule has 56 valence electrons. The van der Waals surface area contributed by atoms with Gasteiger partial charge in [-0.25, -0.2) is 0 Å². The van der Waals surface area contributed by atoms with Crippen LogP contribution in [0.15, 0.2) is 42.0 Å². The highest BCUT2D eigenvalue weighted by Gasteiger charge is 1.89. The van der Waals surface area contributed by atoms with Crippen molar-refractivity contribution in [2.24, 2.45) is 4.99 Å². The lowest BCUT2D eigenvalue weighted by atomic mass is 10.1. The average molecular weight is 145 g/mol. The second kappa shape index (κ2) is 3.71. The Morgan fingerprint density at radius 1 is 1.36 bits per heavy atom. The van der Waals surface area contributed by atoms with E-state index in [2.05, 4.69) is 24.6 Å². The number of hydrogen-bond acceptors (Lipinski definition) is 1. The molecular weight excluding hydrogens is 134 g/mol. The van der Waals surface area contributed by atoms with Gasteiger partial charge in [0.25, 0.3) is 0 Å². The summed E-state index contributed by atoms with van der Waals surface area (Å²) in [4.78, 5) is 3.94. The minimum atomic E-state index is 1.15. The second-order valence-corrected chi connectivity index (χ2v) is 2.32. The zero-order valence-electron chi connectivity index (χ0n) is 6.62. The van der Waals surface area contributed by atoms with E-state index in [-0.39, 0.29) is 0 Å². The van der Waals surface area contributed by atoms with Crippen LogP contribution in [0, 0.1) is 6.92 Å². The Hall–Kier alpha value is -1.37. The molecule has 0 unspecified atom stereocenters. The molecule has 0 fully saturated rings. The Bertz CT molecular complexity index is 274. The van der Waals surface area contributed by atoms with Crippen molar-refractivity contribution in [3.8, 4) is 0 Å². The number of aliphatic imine (C=N–C) groups is 1. The van der Waals surface area contributed by atoms with Gasteiger partial charge in [0.1, 0.15) is 0 Å². The fraction of sp³-hybridized carbons (Fsp3) is 0.100. The smallest absolute Gasteiger partial charge is 0.0342 e. The van der Waals surface area contributed by atoms with Gasteiger partial charge in [-0.05, 0) is 18.1 Å². The van der Waals surface area contributed by atoms with E-state index < -0.39 is 0 Å². The molecule has 0 aliphatic carbocycles. The zero-order chi connectivity index (χ0) is 8.10. The fourth-order valence-electron chi connectivity index (χ4n) is 0.865. The van der Waals surface area contributed by atoms with E-state index in [1.165, 1.54) is 11.8 Å². The van der Waals surface area contributed by atoms with Gasteiger partial charge in [-0.2, -0.15) is 0 Å². The largest absolute Gasteiger partial charge is 0.265 e. The molecule has 0 heterocycles. The maximum Gasteiger partial charge on any atom is 0.0342 e. The molecule has 0 bridgehead atoms. The van der Waals surface area contributed by atoms with Crippen LogP contribution < -0.4 is 0 Å². The normalized spacial score (nSPS) is 10.3. The van der Waals surface area contributed by atoms with Gasteiger partial charge in [0, 0.05) is 12.4 Å². The molecule has 0 N–H and O–H groups in total. The number of nitrogens with zero attached hydrogens (tertiary/aromatic N) is 1. The molecule has 11 heavy (non-hydrogen) atoms. The van der Waals surface area contributed by atoms with Gasteiger partial charge >= 0.3 is 0 Å². The van der Waals surface area contributed by atoms with Crippen molar-refractivity contribution >= 4 is 6.21 Å². The van der Waals surface area contributed by atoms with Crippen molar-refractivity contribution in [1.82, 2.24) is 0 Å². The molecule has 0 aromatic heterocycles. The lowest BCUT2D eigenvalue weighted by molar-refractivity contribution is 1.44. The molecular formula is C10H11N. The van der Waals surface area contributed by atoms with Crippen molar-refractivity contribution in [3.63, 3.8) is 0 Å². The molecule has 1 rings (SSSR count). The molecule has 1 heteroatoms. The van der Waals surface area contributed by atoms with Gasteiger partial charge in [0.05, 0.1) is 0 Å². The van der Waals surface area contributed by atoms with Gasteiger partial charge in [0.2, 0.25) is 0 Å². The lowest BCUT2D eigenvalue weighted by Gasteiger charge is -1.95. The van der Waals surface area contributed by atoms with Crippen LogP contribution >= 0.6 is 0 Å². The van der Waals surface area contributed by atoms with E-state index in [9.17, 15) is 0 Å². The summed E-state index contributed by atoms with van der Waals surface area (Å²) in [5.41, 5.74) is 2.38. The number of benzene rings is 1. The van der Waals surface area contributed by atoms with E-state index >= 15 is 0 Å². The Morgan fingerprint density at radius 2 is 2.09 bits per heavy atom. The first-order chi connectivity index (χ1) is 5.34. The number of rotatable bonds is 2. The van der Waals surface area contributed by atoms with Crippen LogP contribution in [0.5, 0.6) is 0 Å². The van der Waals surface area contributed by atoms with Gasteiger partial charge in [-0.1, -0.05) is 30.8 Å². The molecule has 0 spiro atoms. The lowest BCUT2D eigenvalue weighted by Crippen LogP contribution is -1.83. The van der Waals surface area contributed by atoms with Crippen LogP contribution in [0.25, 0.3) is 0 Å². The standard InChI is InChI=1S/C10H11N/c1-3-11-8-10-7-5-4-6-9(10)2/h3-8H,1H2,2H3/b11-8-. The molecule has 1 aromatic rings. The third-order valence-corrected chi connectivity index (χ3v) is 1.51. The Morgan fingerprint density at radius 3 is 2.73 bits per heavy atom. The third-order valence-electron chi connectivity index (χ3n) is 1.51. The van der Waals surface area contributed by atoms with Crippen LogP contribution in [-0.2, 0) is 0 Å². The van der Waals surface area contributed by atoms with E-state index in [0.29, 0.717) is 0 Å². The first-order valence-electron chi connectivity index (χ1n) is 3.54. The van der Waals surface area contributed by atoms with E-state index in [4.69, 9.17) is 0 Å². The zero-order valence-corrected chi connectivity index (χ0v) is 6.62. The molecule has 0 saturated carbocycles. The molecule has 1 aromatic carbocycles. The minimum Gasteiger partial charge on any atom is -0.265 e. The highest BCUT2D eigenvalue weighted by atomic mass is 14.7. The monoisotopic (exact) mass is 145 g/mol. The van der Waals surface area contributed by atoms with Crippen LogP contribution in [0.4, 0.5) is 0 Å². The summed E-state index contributed by atoms with van der Waals surface area (Å²) >= 11 is 0. The summed E-state index contributed by atoms with van der Waals surface area (Å²) in [6.45, 7) is 5.57. The fourth-order valence-corrected chi connectivity index (χ4v) is 0.865. The minimum absolute atomic E-state index is 1.15. The van der Waals surface area contributed by atoms with E-state index in [0.717, 1.165) is 5.56 Å². The number of aryl methyl sites for hydroxylation is 1. The van der Waals surface area contributed by atoms with Crippen LogP contribution in [-0.4, -0.2) is 6.21 Å². The quantitative estimate of drug-likeness (QED) is 0.567. The van der Waals surface area contributed by atoms with Gasteiger partial charge < -0.3 is 0 Å². The van der Waals surface area contributed by atoms with Crippen molar-refractivity contribution in [1.29, 1.82) is 0 Å². The molecule has 1 nitrogen and oxygen atoms in total. The highest BCUT2D eigenvalue weighted by Crippen LogP contribution is 2.03. The maximum absolute atomic E-state index is 3.94. The Labute approximate surface area is 67.1 Å². The van der Waals surface area contributed by atoms with Crippen LogP contribution in [0.1, 0.15) is 11.1 Å². The van der Waals surface area contributed by atoms with E-state index in [1.807, 2.05) is 24.4 Å². The van der Waals surface area contributed by atoms with Crippen molar-refractivity contribution in [2.45, 2.75) is 6.92 Å². The summed E-state index contributed by atoms with van der Waals surface area (Å²) in [5.74, 6) is 0. The Balaban J connectivity index is 2.94. The third kappa shape index (κ3) is 2.04. The molecule has 0 amide bonds. The van der Waals surface area contributed by atoms with Gasteiger partial charge in [-0.15, -0.1) is 0 Å². The first-order valence-corrected chi connectivity index (χ1v) is 3.54. The van der Waals surface area contributed by atoms with Crippen LogP contribution in [0.3, 0.4) is 0 Å². The summed E-state index contributed by atoms with van der Waals surface area (Å²) in [6, 6.07) is 8.10. The maximum atomic E-state index is 3.94. The van der Waals surface area contributed by atoms with Gasteiger partial charge in [-0.3, -0.25) is 4.99 Å². The summed E-state index contributed by atoms with van der Waals surface area (Å²) in [6.07, 6.45) is 3.34. The summed E-state index contributed by atoms with van der Waals surface area (Å²) in [7, 11) is 0. The topological polar surface area (TPSA) is 12.4 Å². The Kier molecular flexibility index (Phi) is 2.61. The van der Waals surface area contributed by atoms with Crippen molar-refractivity contribution in [2.75, 3.05) is 0 Å². The average Bonchev–Trinajstić information content (AvgIpc) is 2.03. The number of hydrogen-bond donors (Lipinski definition) is 0. The SMILES string of the molecule is C=C/N=C\c1ccccc1C. The molecule has 0 radical (unpaired) electrons. The summed E-state index contributed by atoms with van der Waals surface area (Å²) in [5, 5.41) is 0. The summed E-state index contributed by atoms with van der Waals surface area (Å²) < 4.78 is 0. The van der Waals surface area contributed by atoms with Crippen molar-refractivity contribution in [3.05, 3.63) is 48.2 Å². The predicted octanol–water partition coefficient (Wildman–Crippen LogP) is 2.56. The van der Waals surface area contributed by atoms with Crippen LogP contribution in [0.2, 0.25) is 0 Å². The van der Waals surface area contributed by atoms with Gasteiger partial charge in [0.15, 0.2) is 0 Å². The molecule has 0 saturated heterocycles. The molecule has 0 aliphatic heterocycles. The predicted molar refractivity (Wildman–Crippen MR) is 49.0 cm³/mol. The first kappa shape index (κ1) is 7.73. The highest BCUT2D eigenvalue weighted by molar-refractivity contribution is 5.81. The van der Waals surface area contributed by atoms with E-state index in [1.54, 1.807) is 0 Å².